The third-order valence-corrected chi connectivity index (χ3v) is 9.00. The Hall–Kier alpha value is -4.56. The van der Waals surface area contributed by atoms with Gasteiger partial charge in [0.25, 0.3) is 11.8 Å². The molecule has 0 bridgehead atoms. The molecule has 2 fully saturated rings. The van der Waals surface area contributed by atoms with Crippen LogP contribution in [0.1, 0.15) is 63.9 Å². The van der Waals surface area contributed by atoms with Crippen LogP contribution in [0, 0.1) is 17.2 Å². The summed E-state index contributed by atoms with van der Waals surface area (Å²) in [6.45, 7) is 6.99. The van der Waals surface area contributed by atoms with Gasteiger partial charge >= 0.3 is 0 Å². The zero-order valence-electron chi connectivity index (χ0n) is 24.3. The molecule has 0 radical (unpaired) electrons. The number of aromatic nitrogens is 4. The number of H-pyrrole nitrogens is 1. The lowest BCUT2D eigenvalue weighted by atomic mass is 9.72. The molecule has 42 heavy (non-hydrogen) atoms. The highest BCUT2D eigenvalue weighted by atomic mass is 16.2. The first kappa shape index (κ1) is 27.6. The van der Waals surface area contributed by atoms with Gasteiger partial charge in [-0.15, -0.1) is 10.2 Å². The van der Waals surface area contributed by atoms with Crippen LogP contribution in [0.5, 0.6) is 0 Å². The number of nitrogens with one attached hydrogen (secondary N) is 3. The van der Waals surface area contributed by atoms with E-state index in [2.05, 4.69) is 55.7 Å². The summed E-state index contributed by atoms with van der Waals surface area (Å²) in [6, 6.07) is 14.1. The third-order valence-electron chi connectivity index (χ3n) is 9.00. The number of amides is 2. The summed E-state index contributed by atoms with van der Waals surface area (Å²) in [5, 5.41) is 31.5. The molecule has 2 amide bonds. The minimum absolute atomic E-state index is 0.0288. The van der Waals surface area contributed by atoms with E-state index < -0.39 is 5.41 Å². The van der Waals surface area contributed by atoms with Crippen LogP contribution in [-0.4, -0.2) is 88.1 Å². The molecule has 2 unspecified atom stereocenters. The Labute approximate surface area is 245 Å². The maximum atomic E-state index is 13.0. The molecule has 3 N–H and O–H groups in total. The predicted molar refractivity (Wildman–Crippen MR) is 156 cm³/mol. The monoisotopic (exact) mass is 565 g/mol. The first-order valence-corrected chi connectivity index (χ1v) is 14.3. The van der Waals surface area contributed by atoms with Crippen LogP contribution in [0.2, 0.25) is 0 Å². The topological polar surface area (TPSA) is 143 Å². The van der Waals surface area contributed by atoms with E-state index in [1.165, 1.54) is 0 Å². The normalized spacial score (nSPS) is 23.8. The Morgan fingerprint density at radius 3 is 2.50 bits per heavy atom. The van der Waals surface area contributed by atoms with Crippen molar-refractivity contribution in [3.05, 3.63) is 76.8 Å². The average molecular weight is 566 g/mol. The molecule has 2 aromatic carbocycles. The second-order valence-electron chi connectivity index (χ2n) is 11.8. The number of tetrazole rings is 1. The molecule has 11 nitrogen and oxygen atoms in total. The molecule has 2 aliphatic carbocycles. The highest BCUT2D eigenvalue weighted by Crippen LogP contribution is 2.54. The fraction of sp³-hybridized carbons (Fsp3) is 0.419. The van der Waals surface area contributed by atoms with E-state index in [-0.39, 0.29) is 23.9 Å². The number of fused-ring (bicyclic) bond motifs is 4. The van der Waals surface area contributed by atoms with Crippen molar-refractivity contribution in [2.45, 2.75) is 49.7 Å². The van der Waals surface area contributed by atoms with Gasteiger partial charge in [-0.2, -0.15) is 10.5 Å². The zero-order chi connectivity index (χ0) is 29.8. The molecule has 1 aliphatic heterocycles. The van der Waals surface area contributed by atoms with E-state index in [9.17, 15) is 14.9 Å². The van der Waals surface area contributed by atoms with Crippen LogP contribution in [0.3, 0.4) is 0 Å². The van der Waals surface area contributed by atoms with E-state index >= 15 is 0 Å². The molecule has 0 spiro atoms. The van der Waals surface area contributed by atoms with Gasteiger partial charge in [0.1, 0.15) is 6.04 Å². The summed E-state index contributed by atoms with van der Waals surface area (Å²) in [5.41, 5.74) is 4.82. The van der Waals surface area contributed by atoms with Crippen molar-refractivity contribution in [1.82, 2.24) is 41.1 Å². The molecule has 2 heterocycles. The molecule has 6 rings (SSSR count). The van der Waals surface area contributed by atoms with Crippen molar-refractivity contribution >= 4 is 11.8 Å². The van der Waals surface area contributed by atoms with Gasteiger partial charge in [-0.1, -0.05) is 23.9 Å². The van der Waals surface area contributed by atoms with Crippen molar-refractivity contribution in [2.24, 2.45) is 5.92 Å². The molecule has 3 aromatic rings. The second-order valence-corrected chi connectivity index (χ2v) is 11.8. The quantitative estimate of drug-likeness (QED) is 0.359. The van der Waals surface area contributed by atoms with Gasteiger partial charge in [0.15, 0.2) is 5.82 Å². The van der Waals surface area contributed by atoms with Crippen molar-refractivity contribution in [3.8, 4) is 17.2 Å². The zero-order valence-corrected chi connectivity index (χ0v) is 24.3. The number of piperidine rings is 1. The first-order valence-electron chi connectivity index (χ1n) is 14.3. The van der Waals surface area contributed by atoms with Crippen LogP contribution < -0.4 is 10.6 Å². The van der Waals surface area contributed by atoms with Gasteiger partial charge in [0, 0.05) is 56.6 Å². The second kappa shape index (κ2) is 10.4. The SMILES string of the molecule is C=C(CN[C@@H](C)CC1(c2nn[nH]n2)c2ccc(C(=O)NC)cc2-c2cc(C(=O)N(C)C)ccc21)N1C(C#N)C[C@@H]2C[C@@H]21. The van der Waals surface area contributed by atoms with Gasteiger partial charge in [-0.3, -0.25) is 9.59 Å². The smallest absolute Gasteiger partial charge is 0.253 e. The summed E-state index contributed by atoms with van der Waals surface area (Å²) in [4.78, 5) is 29.3. The number of likely N-dealkylation sites (tertiary alicyclic amines) is 1. The maximum absolute atomic E-state index is 13.0. The van der Waals surface area contributed by atoms with Gasteiger partial charge in [-0.25, -0.2) is 0 Å². The fourth-order valence-electron chi connectivity index (χ4n) is 6.94. The minimum Gasteiger partial charge on any atom is -0.355 e. The van der Waals surface area contributed by atoms with E-state index in [1.807, 2.05) is 36.4 Å². The number of rotatable bonds is 9. The Morgan fingerprint density at radius 2 is 1.88 bits per heavy atom. The van der Waals surface area contributed by atoms with Gasteiger partial charge in [0.2, 0.25) is 0 Å². The van der Waals surface area contributed by atoms with E-state index in [4.69, 9.17) is 0 Å². The maximum Gasteiger partial charge on any atom is 0.253 e. The Morgan fingerprint density at radius 1 is 1.19 bits per heavy atom. The molecular weight excluding hydrogens is 530 g/mol. The van der Waals surface area contributed by atoms with Crippen molar-refractivity contribution in [2.75, 3.05) is 27.7 Å². The number of hydrogen-bond donors (Lipinski definition) is 3. The minimum atomic E-state index is -0.795. The molecule has 3 aliphatic rings. The molecule has 5 atom stereocenters. The Bertz CT molecular complexity index is 1610. The number of aromatic amines is 1. The number of carbonyl (C=O) groups is 2. The van der Waals surface area contributed by atoms with Crippen LogP contribution in [0.4, 0.5) is 0 Å². The van der Waals surface area contributed by atoms with Crippen molar-refractivity contribution < 1.29 is 9.59 Å². The summed E-state index contributed by atoms with van der Waals surface area (Å²) in [6.07, 6.45) is 2.63. The number of nitriles is 1. The summed E-state index contributed by atoms with van der Waals surface area (Å²) < 4.78 is 0. The molecule has 1 saturated carbocycles. The summed E-state index contributed by atoms with van der Waals surface area (Å²) in [5.74, 6) is 0.823. The lowest BCUT2D eigenvalue weighted by molar-refractivity contribution is 0.0827. The third kappa shape index (κ3) is 4.34. The first-order chi connectivity index (χ1) is 20.2. The lowest BCUT2D eigenvalue weighted by Gasteiger charge is -2.33. The van der Waals surface area contributed by atoms with E-state index in [1.54, 1.807) is 26.0 Å². The van der Waals surface area contributed by atoms with Gasteiger partial charge in [-0.05, 0) is 78.6 Å². The summed E-state index contributed by atoms with van der Waals surface area (Å²) >= 11 is 0. The molecule has 11 heteroatoms. The highest BCUT2D eigenvalue weighted by molar-refractivity contribution is 5.99. The highest BCUT2D eigenvalue weighted by Gasteiger charge is 2.53. The van der Waals surface area contributed by atoms with Gasteiger partial charge < -0.3 is 20.4 Å². The van der Waals surface area contributed by atoms with E-state index in [0.29, 0.717) is 41.9 Å². The van der Waals surface area contributed by atoms with Crippen LogP contribution in [-0.2, 0) is 5.41 Å². The number of nitrogens with zero attached hydrogens (tertiary/aromatic N) is 6. The van der Waals surface area contributed by atoms with Crippen LogP contribution in [0.15, 0.2) is 48.7 Å². The molecule has 216 valence electrons. The standard InChI is InChI=1S/C31H35N9O2/c1-17(34-16-18(2)40-22(15-32)10-21-13-27(21)40)14-31(30-35-37-38-36-30)25-8-6-19(28(41)33-3)11-23(25)24-12-20(7-9-26(24)31)29(42)39(4)5/h6-9,11-12,17,21-22,27,34H,2,10,13-14,16H2,1,3-5H3,(H,33,41)(H,35,36,37,38)/t17-,21+,22?,27-,31?/m0/s1. The average Bonchev–Trinajstić information content (AvgIpc) is 3.32. The van der Waals surface area contributed by atoms with E-state index in [0.717, 1.165) is 40.8 Å². The molecule has 1 saturated heterocycles. The fourth-order valence-corrected chi connectivity index (χ4v) is 6.94. The van der Waals surface area contributed by atoms with Crippen molar-refractivity contribution in [3.63, 3.8) is 0 Å². The predicted octanol–water partition coefficient (Wildman–Crippen LogP) is 2.44. The molecular formula is C31H35N9O2. The number of carbonyl (C=O) groups excluding carboxylic acids is 2. The van der Waals surface area contributed by atoms with Crippen LogP contribution in [0.25, 0.3) is 11.1 Å². The van der Waals surface area contributed by atoms with Crippen molar-refractivity contribution in [1.29, 1.82) is 5.26 Å². The summed E-state index contributed by atoms with van der Waals surface area (Å²) in [7, 11) is 5.05. The Balaban J connectivity index is 1.39. The number of hydrogen-bond acceptors (Lipinski definition) is 8. The Kier molecular flexibility index (Phi) is 6.81. The molecule has 1 aromatic heterocycles. The largest absolute Gasteiger partial charge is 0.355 e. The lowest BCUT2D eigenvalue weighted by Crippen LogP contribution is -2.41. The van der Waals surface area contributed by atoms with Gasteiger partial charge in [0.05, 0.1) is 11.5 Å². The van der Waals surface area contributed by atoms with Crippen LogP contribution >= 0.6 is 0 Å². The number of benzene rings is 2.